The summed E-state index contributed by atoms with van der Waals surface area (Å²) in [5.41, 5.74) is 0.885. The number of para-hydroxylation sites is 1. The first-order chi connectivity index (χ1) is 9.48. The molecular formula is C14H19NO4S. The van der Waals surface area contributed by atoms with Gasteiger partial charge in [0.15, 0.2) is 9.84 Å². The van der Waals surface area contributed by atoms with Crippen LogP contribution in [-0.4, -0.2) is 43.6 Å². The number of aliphatic carboxylic acids is 1. The molecule has 1 aromatic rings. The molecule has 1 unspecified atom stereocenters. The molecule has 20 heavy (non-hydrogen) atoms. The molecule has 1 N–H and O–H groups in total. The molecule has 0 amide bonds. The first-order valence-corrected chi connectivity index (χ1v) is 8.54. The van der Waals surface area contributed by atoms with E-state index in [9.17, 15) is 13.2 Å². The second-order valence-electron chi connectivity index (χ2n) is 5.08. The van der Waals surface area contributed by atoms with Crippen LogP contribution < -0.4 is 4.90 Å². The number of hydrogen-bond donors (Lipinski definition) is 1. The van der Waals surface area contributed by atoms with E-state index in [0.29, 0.717) is 13.0 Å². The average molecular weight is 297 g/mol. The minimum atomic E-state index is -3.01. The molecule has 0 spiro atoms. The average Bonchev–Trinajstić information content (AvgIpc) is 2.39. The Labute approximate surface area is 119 Å². The number of rotatable bonds is 5. The number of benzene rings is 1. The van der Waals surface area contributed by atoms with Crippen LogP contribution in [0.1, 0.15) is 19.3 Å². The largest absolute Gasteiger partial charge is 0.481 e. The minimum absolute atomic E-state index is 0.00540. The SMILES string of the molecule is O=C(O)CCN(c1ccccc1)C1CCCS(=O)(=O)C1. The smallest absolute Gasteiger partial charge is 0.305 e. The van der Waals surface area contributed by atoms with E-state index < -0.39 is 15.8 Å². The van der Waals surface area contributed by atoms with Gasteiger partial charge >= 0.3 is 5.97 Å². The van der Waals surface area contributed by atoms with Crippen molar-refractivity contribution in [3.63, 3.8) is 0 Å². The van der Waals surface area contributed by atoms with Crippen molar-refractivity contribution >= 4 is 21.5 Å². The van der Waals surface area contributed by atoms with Crippen molar-refractivity contribution in [1.29, 1.82) is 0 Å². The van der Waals surface area contributed by atoms with Crippen LogP contribution in [0, 0.1) is 0 Å². The molecule has 1 heterocycles. The maximum absolute atomic E-state index is 11.8. The van der Waals surface area contributed by atoms with Crippen molar-refractivity contribution in [3.8, 4) is 0 Å². The van der Waals surface area contributed by atoms with Crippen LogP contribution in [0.3, 0.4) is 0 Å². The summed E-state index contributed by atoms with van der Waals surface area (Å²) in [6.45, 7) is 0.333. The van der Waals surface area contributed by atoms with Crippen LogP contribution in [0.2, 0.25) is 0 Å². The molecule has 0 aromatic heterocycles. The molecule has 1 fully saturated rings. The second kappa shape index (κ2) is 6.26. The van der Waals surface area contributed by atoms with Gasteiger partial charge in [-0.15, -0.1) is 0 Å². The molecule has 0 radical (unpaired) electrons. The predicted octanol–water partition coefficient (Wildman–Crippen LogP) is 1.54. The lowest BCUT2D eigenvalue weighted by atomic mass is 10.1. The van der Waals surface area contributed by atoms with E-state index in [1.807, 2.05) is 35.2 Å². The number of anilines is 1. The summed E-state index contributed by atoms with van der Waals surface area (Å²) in [5.74, 6) is -0.517. The van der Waals surface area contributed by atoms with Gasteiger partial charge in [-0.05, 0) is 25.0 Å². The first kappa shape index (κ1) is 14.8. The summed E-state index contributed by atoms with van der Waals surface area (Å²) in [6.07, 6.45) is 1.43. The van der Waals surface area contributed by atoms with Gasteiger partial charge in [-0.2, -0.15) is 0 Å². The zero-order valence-electron chi connectivity index (χ0n) is 11.2. The van der Waals surface area contributed by atoms with Crippen LogP contribution >= 0.6 is 0 Å². The van der Waals surface area contributed by atoms with Crippen LogP contribution in [-0.2, 0) is 14.6 Å². The van der Waals surface area contributed by atoms with Crippen molar-refractivity contribution in [2.45, 2.75) is 25.3 Å². The Hall–Kier alpha value is -1.56. The lowest BCUT2D eigenvalue weighted by molar-refractivity contribution is -0.136. The topological polar surface area (TPSA) is 74.7 Å². The molecule has 1 aromatic carbocycles. The summed E-state index contributed by atoms with van der Waals surface area (Å²) >= 11 is 0. The van der Waals surface area contributed by atoms with E-state index in [1.54, 1.807) is 0 Å². The zero-order valence-corrected chi connectivity index (χ0v) is 12.1. The second-order valence-corrected chi connectivity index (χ2v) is 7.31. The van der Waals surface area contributed by atoms with Gasteiger partial charge < -0.3 is 10.0 Å². The Morgan fingerprint density at radius 1 is 1.30 bits per heavy atom. The molecule has 1 aliphatic rings. The van der Waals surface area contributed by atoms with Gasteiger partial charge in [0, 0.05) is 18.3 Å². The molecule has 1 aliphatic heterocycles. The molecular weight excluding hydrogens is 278 g/mol. The summed E-state index contributed by atoms with van der Waals surface area (Å²) in [4.78, 5) is 12.7. The van der Waals surface area contributed by atoms with E-state index in [0.717, 1.165) is 12.1 Å². The third-order valence-corrected chi connectivity index (χ3v) is 5.34. The summed E-state index contributed by atoms with van der Waals surface area (Å²) in [5, 5.41) is 8.87. The summed E-state index contributed by atoms with van der Waals surface area (Å²) in [6, 6.07) is 9.29. The number of sulfone groups is 1. The predicted molar refractivity (Wildman–Crippen MR) is 77.7 cm³/mol. The highest BCUT2D eigenvalue weighted by Gasteiger charge is 2.29. The Morgan fingerprint density at radius 3 is 2.60 bits per heavy atom. The molecule has 1 atom stereocenters. The van der Waals surface area contributed by atoms with Crippen molar-refractivity contribution in [2.75, 3.05) is 23.0 Å². The molecule has 0 saturated carbocycles. The van der Waals surface area contributed by atoms with E-state index in [1.165, 1.54) is 0 Å². The molecule has 2 rings (SSSR count). The number of hydrogen-bond acceptors (Lipinski definition) is 4. The number of carboxylic acid groups (broad SMARTS) is 1. The highest BCUT2D eigenvalue weighted by atomic mass is 32.2. The molecule has 0 aliphatic carbocycles. The fourth-order valence-corrected chi connectivity index (χ4v) is 4.31. The number of carboxylic acids is 1. The van der Waals surface area contributed by atoms with Gasteiger partial charge in [0.1, 0.15) is 0 Å². The molecule has 5 nitrogen and oxygen atoms in total. The van der Waals surface area contributed by atoms with Gasteiger partial charge in [0.25, 0.3) is 0 Å². The first-order valence-electron chi connectivity index (χ1n) is 6.72. The maximum Gasteiger partial charge on any atom is 0.305 e. The third kappa shape index (κ3) is 3.96. The summed E-state index contributed by atoms with van der Waals surface area (Å²) in [7, 11) is -3.01. The molecule has 110 valence electrons. The fraction of sp³-hybridized carbons (Fsp3) is 0.500. The standard InChI is InChI=1S/C14H19NO4S/c16-14(17)8-9-15(12-5-2-1-3-6-12)13-7-4-10-20(18,19)11-13/h1-3,5-6,13H,4,7-11H2,(H,16,17). The fourth-order valence-electron chi connectivity index (χ4n) is 2.60. The van der Waals surface area contributed by atoms with Gasteiger partial charge in [-0.25, -0.2) is 8.42 Å². The van der Waals surface area contributed by atoms with Gasteiger partial charge in [0.05, 0.1) is 17.9 Å². The Kier molecular flexibility index (Phi) is 4.65. The lowest BCUT2D eigenvalue weighted by Gasteiger charge is -2.35. The van der Waals surface area contributed by atoms with Crippen molar-refractivity contribution in [1.82, 2.24) is 0 Å². The summed E-state index contributed by atoms with van der Waals surface area (Å²) < 4.78 is 23.6. The molecule has 0 bridgehead atoms. The quantitative estimate of drug-likeness (QED) is 0.892. The monoisotopic (exact) mass is 297 g/mol. The number of carbonyl (C=O) groups is 1. The Balaban J connectivity index is 2.19. The van der Waals surface area contributed by atoms with Gasteiger partial charge in [-0.1, -0.05) is 18.2 Å². The Morgan fingerprint density at radius 2 is 2.00 bits per heavy atom. The Bertz CT molecular complexity index is 556. The van der Waals surface area contributed by atoms with Gasteiger partial charge in [-0.3, -0.25) is 4.79 Å². The highest BCUT2D eigenvalue weighted by molar-refractivity contribution is 7.91. The lowest BCUT2D eigenvalue weighted by Crippen LogP contribution is -2.44. The van der Waals surface area contributed by atoms with Crippen molar-refractivity contribution < 1.29 is 18.3 Å². The number of nitrogens with zero attached hydrogens (tertiary/aromatic N) is 1. The van der Waals surface area contributed by atoms with Crippen LogP contribution in [0.4, 0.5) is 5.69 Å². The van der Waals surface area contributed by atoms with E-state index in [4.69, 9.17) is 5.11 Å². The van der Waals surface area contributed by atoms with Crippen LogP contribution in [0.15, 0.2) is 30.3 Å². The van der Waals surface area contributed by atoms with Crippen molar-refractivity contribution in [3.05, 3.63) is 30.3 Å². The minimum Gasteiger partial charge on any atom is -0.481 e. The molecule has 1 saturated heterocycles. The van der Waals surface area contributed by atoms with Crippen molar-refractivity contribution in [2.24, 2.45) is 0 Å². The highest BCUT2D eigenvalue weighted by Crippen LogP contribution is 2.24. The normalized spacial score (nSPS) is 21.3. The third-order valence-electron chi connectivity index (χ3n) is 3.53. The van der Waals surface area contributed by atoms with Crippen LogP contribution in [0.5, 0.6) is 0 Å². The van der Waals surface area contributed by atoms with E-state index >= 15 is 0 Å². The van der Waals surface area contributed by atoms with Crippen LogP contribution in [0.25, 0.3) is 0 Å². The molecule has 6 heteroatoms. The maximum atomic E-state index is 11.8. The zero-order chi connectivity index (χ0) is 14.6. The van der Waals surface area contributed by atoms with Gasteiger partial charge in [0.2, 0.25) is 0 Å². The van der Waals surface area contributed by atoms with E-state index in [2.05, 4.69) is 0 Å². The van der Waals surface area contributed by atoms with E-state index in [-0.39, 0.29) is 24.0 Å².